The van der Waals surface area contributed by atoms with Crippen LogP contribution < -0.4 is 16.3 Å². The molecule has 5 nitrogen and oxygen atoms in total. The average molecular weight is 223 g/mol. The van der Waals surface area contributed by atoms with Gasteiger partial charge in [0.2, 0.25) is 0 Å². The summed E-state index contributed by atoms with van der Waals surface area (Å²) in [4.78, 5) is 11.4. The summed E-state index contributed by atoms with van der Waals surface area (Å²) in [6.07, 6.45) is 0.463. The molecule has 0 spiro atoms. The van der Waals surface area contributed by atoms with Gasteiger partial charge in [0.1, 0.15) is 5.75 Å². The first-order valence-corrected chi connectivity index (χ1v) is 4.95. The van der Waals surface area contributed by atoms with Crippen LogP contribution >= 0.6 is 0 Å². The molecule has 0 heterocycles. The lowest BCUT2D eigenvalue weighted by molar-refractivity contribution is -0.131. The van der Waals surface area contributed by atoms with Gasteiger partial charge in [0, 0.05) is 7.05 Å². The molecule has 0 saturated carbocycles. The van der Waals surface area contributed by atoms with E-state index in [0.717, 1.165) is 16.3 Å². The fourth-order valence-corrected chi connectivity index (χ4v) is 1.36. The Balaban J connectivity index is 2.62. The van der Waals surface area contributed by atoms with E-state index < -0.39 is 6.04 Å². The molecule has 0 radical (unpaired) electrons. The van der Waals surface area contributed by atoms with E-state index in [0.29, 0.717) is 6.42 Å². The van der Waals surface area contributed by atoms with Gasteiger partial charge in [-0.05, 0) is 24.1 Å². The van der Waals surface area contributed by atoms with E-state index >= 15 is 0 Å². The molecule has 88 valence electrons. The van der Waals surface area contributed by atoms with Gasteiger partial charge in [-0.15, -0.1) is 0 Å². The van der Waals surface area contributed by atoms with Gasteiger partial charge >= 0.3 is 0 Å². The molecule has 5 heteroatoms. The molecular formula is C11H17N3O2. The number of likely N-dealkylation sites (N-methyl/N-ethyl adjacent to an activating group) is 1. The summed E-state index contributed by atoms with van der Waals surface area (Å²) >= 11 is 0. The fraction of sp³-hybridized carbons (Fsp3) is 0.364. The lowest BCUT2D eigenvalue weighted by Crippen LogP contribution is -2.46. The van der Waals surface area contributed by atoms with E-state index in [1.165, 1.54) is 7.05 Å². The number of hydrazine groups is 1. The van der Waals surface area contributed by atoms with E-state index in [2.05, 4.69) is 0 Å². The average Bonchev–Trinajstić information content (AvgIpc) is 2.28. The number of carbonyl (C=O) groups is 1. The molecule has 1 unspecified atom stereocenters. The van der Waals surface area contributed by atoms with Gasteiger partial charge in [-0.1, -0.05) is 12.1 Å². The third-order valence-electron chi connectivity index (χ3n) is 2.28. The van der Waals surface area contributed by atoms with Crippen molar-refractivity contribution in [3.05, 3.63) is 29.8 Å². The Morgan fingerprint density at radius 3 is 2.44 bits per heavy atom. The van der Waals surface area contributed by atoms with E-state index in [1.807, 2.05) is 24.3 Å². The van der Waals surface area contributed by atoms with Crippen LogP contribution in [0.4, 0.5) is 0 Å². The van der Waals surface area contributed by atoms with Gasteiger partial charge in [-0.25, -0.2) is 5.84 Å². The first-order chi connectivity index (χ1) is 7.54. The molecule has 0 aliphatic carbocycles. The molecule has 16 heavy (non-hydrogen) atoms. The van der Waals surface area contributed by atoms with E-state index in [1.54, 1.807) is 7.11 Å². The predicted octanol–water partition coefficient (Wildman–Crippen LogP) is -0.103. The lowest BCUT2D eigenvalue weighted by Gasteiger charge is -2.16. The third kappa shape index (κ3) is 3.22. The minimum absolute atomic E-state index is 0.282. The number of benzene rings is 1. The van der Waals surface area contributed by atoms with E-state index in [4.69, 9.17) is 16.3 Å². The maximum Gasteiger partial charge on any atom is 0.253 e. The zero-order chi connectivity index (χ0) is 12.1. The molecule has 1 aromatic carbocycles. The zero-order valence-electron chi connectivity index (χ0n) is 9.51. The topological polar surface area (TPSA) is 81.6 Å². The second-order valence-corrected chi connectivity index (χ2v) is 3.61. The van der Waals surface area contributed by atoms with Crippen molar-refractivity contribution in [2.24, 2.45) is 11.6 Å². The van der Waals surface area contributed by atoms with Gasteiger partial charge in [-0.3, -0.25) is 9.80 Å². The van der Waals surface area contributed by atoms with Crippen molar-refractivity contribution in [2.45, 2.75) is 12.5 Å². The molecule has 1 rings (SSSR count). The van der Waals surface area contributed by atoms with Crippen molar-refractivity contribution in [1.29, 1.82) is 0 Å². The number of ether oxygens (including phenoxy) is 1. The van der Waals surface area contributed by atoms with Crippen LogP contribution in [0, 0.1) is 0 Å². The summed E-state index contributed by atoms with van der Waals surface area (Å²) < 4.78 is 5.03. The Labute approximate surface area is 94.9 Å². The van der Waals surface area contributed by atoms with Crippen LogP contribution in [0.1, 0.15) is 5.56 Å². The quantitative estimate of drug-likeness (QED) is 0.424. The summed E-state index contributed by atoms with van der Waals surface area (Å²) in [7, 11) is 3.09. The molecule has 1 aromatic rings. The Morgan fingerprint density at radius 2 is 2.00 bits per heavy atom. The number of methoxy groups -OCH3 is 1. The number of hydrogen-bond acceptors (Lipinski definition) is 4. The molecule has 1 atom stereocenters. The molecule has 0 aliphatic heterocycles. The van der Waals surface area contributed by atoms with Gasteiger partial charge in [-0.2, -0.15) is 0 Å². The number of carbonyl (C=O) groups excluding carboxylic acids is 1. The van der Waals surface area contributed by atoms with Gasteiger partial charge < -0.3 is 10.5 Å². The minimum Gasteiger partial charge on any atom is -0.497 e. The molecule has 0 saturated heterocycles. The Hall–Kier alpha value is -1.59. The highest BCUT2D eigenvalue weighted by Gasteiger charge is 2.16. The summed E-state index contributed by atoms with van der Waals surface area (Å²) in [5.41, 5.74) is 6.69. The summed E-state index contributed by atoms with van der Waals surface area (Å²) in [5.74, 6) is 5.82. The number of nitrogens with zero attached hydrogens (tertiary/aromatic N) is 1. The molecule has 0 aromatic heterocycles. The lowest BCUT2D eigenvalue weighted by atomic mass is 10.1. The summed E-state index contributed by atoms with van der Waals surface area (Å²) in [5, 5.41) is 1.01. The SMILES string of the molecule is COc1ccc(CC(N)C(=O)N(C)N)cc1. The van der Waals surface area contributed by atoms with Crippen molar-refractivity contribution in [1.82, 2.24) is 5.01 Å². The number of amides is 1. The van der Waals surface area contributed by atoms with Crippen LogP contribution in [-0.2, 0) is 11.2 Å². The minimum atomic E-state index is -0.608. The van der Waals surface area contributed by atoms with E-state index in [9.17, 15) is 4.79 Å². The first kappa shape index (κ1) is 12.5. The molecule has 0 fully saturated rings. The van der Waals surface area contributed by atoms with Crippen LogP contribution in [0.15, 0.2) is 24.3 Å². The van der Waals surface area contributed by atoms with Crippen molar-refractivity contribution < 1.29 is 9.53 Å². The van der Waals surface area contributed by atoms with Crippen LogP contribution in [0.3, 0.4) is 0 Å². The molecule has 1 amide bonds. The smallest absolute Gasteiger partial charge is 0.253 e. The van der Waals surface area contributed by atoms with Crippen LogP contribution in [0.5, 0.6) is 5.75 Å². The van der Waals surface area contributed by atoms with Gasteiger partial charge in [0.15, 0.2) is 0 Å². The van der Waals surface area contributed by atoms with Crippen LogP contribution in [-0.4, -0.2) is 31.1 Å². The predicted molar refractivity (Wildman–Crippen MR) is 61.6 cm³/mol. The largest absolute Gasteiger partial charge is 0.497 e. The summed E-state index contributed by atoms with van der Waals surface area (Å²) in [6.45, 7) is 0. The number of nitrogens with two attached hydrogens (primary N) is 2. The second kappa shape index (κ2) is 5.48. The Morgan fingerprint density at radius 1 is 1.44 bits per heavy atom. The standard InChI is InChI=1S/C11H17N3O2/c1-14(13)11(15)10(12)7-8-3-5-9(16-2)6-4-8/h3-6,10H,7,12-13H2,1-2H3. The fourth-order valence-electron chi connectivity index (χ4n) is 1.36. The van der Waals surface area contributed by atoms with Gasteiger partial charge in [0.05, 0.1) is 13.2 Å². The molecular weight excluding hydrogens is 206 g/mol. The van der Waals surface area contributed by atoms with Crippen molar-refractivity contribution in [3.8, 4) is 5.75 Å². The highest BCUT2D eigenvalue weighted by molar-refractivity contribution is 5.81. The van der Waals surface area contributed by atoms with Gasteiger partial charge in [0.25, 0.3) is 5.91 Å². The monoisotopic (exact) mass is 223 g/mol. The van der Waals surface area contributed by atoms with Crippen molar-refractivity contribution in [2.75, 3.05) is 14.2 Å². The second-order valence-electron chi connectivity index (χ2n) is 3.61. The Kier molecular flexibility index (Phi) is 4.28. The third-order valence-corrected chi connectivity index (χ3v) is 2.28. The highest BCUT2D eigenvalue weighted by atomic mass is 16.5. The normalized spacial score (nSPS) is 12.0. The van der Waals surface area contributed by atoms with Crippen molar-refractivity contribution >= 4 is 5.91 Å². The maximum absolute atomic E-state index is 11.4. The number of hydrogen-bond donors (Lipinski definition) is 2. The molecule has 4 N–H and O–H groups in total. The van der Waals surface area contributed by atoms with E-state index in [-0.39, 0.29) is 5.91 Å². The molecule has 0 aliphatic rings. The highest BCUT2D eigenvalue weighted by Crippen LogP contribution is 2.12. The first-order valence-electron chi connectivity index (χ1n) is 4.95. The van der Waals surface area contributed by atoms with Crippen LogP contribution in [0.25, 0.3) is 0 Å². The van der Waals surface area contributed by atoms with Crippen LogP contribution in [0.2, 0.25) is 0 Å². The maximum atomic E-state index is 11.4. The molecule has 0 bridgehead atoms. The van der Waals surface area contributed by atoms with Crippen molar-refractivity contribution in [3.63, 3.8) is 0 Å². The number of rotatable bonds is 4. The zero-order valence-corrected chi connectivity index (χ0v) is 9.51. The Bertz CT molecular complexity index is 349. The summed E-state index contributed by atoms with van der Waals surface area (Å²) in [6, 6.07) is 6.81.